The normalized spacial score (nSPS) is 19.3. The smallest absolute Gasteiger partial charge is 0.201 e. The summed E-state index contributed by atoms with van der Waals surface area (Å²) in [5.41, 5.74) is 2.32. The van der Waals surface area contributed by atoms with Crippen LogP contribution in [0.15, 0.2) is 36.4 Å². The van der Waals surface area contributed by atoms with Crippen molar-refractivity contribution in [1.82, 2.24) is 0 Å². The van der Waals surface area contributed by atoms with Gasteiger partial charge in [0.2, 0.25) is 5.82 Å². The van der Waals surface area contributed by atoms with Gasteiger partial charge in [0.1, 0.15) is 0 Å². The maximum absolute atomic E-state index is 14.5. The van der Waals surface area contributed by atoms with Crippen molar-refractivity contribution < 1.29 is 13.5 Å². The Hall–Kier alpha value is -1.90. The quantitative estimate of drug-likeness (QED) is 0.385. The van der Waals surface area contributed by atoms with Crippen molar-refractivity contribution in [1.29, 1.82) is 0 Å². The molecule has 1 fully saturated rings. The highest BCUT2D eigenvalue weighted by atomic mass is 19.2. The average Bonchev–Trinajstić information content (AvgIpc) is 2.76. The predicted octanol–water partition coefficient (Wildman–Crippen LogP) is 8.27. The number of benzene rings is 2. The van der Waals surface area contributed by atoms with Gasteiger partial charge in [0.05, 0.1) is 6.61 Å². The summed E-state index contributed by atoms with van der Waals surface area (Å²) in [4.78, 5) is 0. The molecule has 0 saturated heterocycles. The van der Waals surface area contributed by atoms with Gasteiger partial charge in [-0.3, -0.25) is 0 Å². The van der Waals surface area contributed by atoms with E-state index in [1.807, 2.05) is 19.1 Å². The monoisotopic (exact) mass is 400 g/mol. The molecule has 29 heavy (non-hydrogen) atoms. The molecule has 0 unspecified atom stereocenters. The molecule has 2 aromatic rings. The molecule has 2 aromatic carbocycles. The summed E-state index contributed by atoms with van der Waals surface area (Å²) in [6.45, 7) is 4.57. The van der Waals surface area contributed by atoms with Crippen LogP contribution >= 0.6 is 0 Å². The zero-order valence-electron chi connectivity index (χ0n) is 17.9. The van der Waals surface area contributed by atoms with E-state index >= 15 is 0 Å². The Morgan fingerprint density at radius 1 is 0.828 bits per heavy atom. The van der Waals surface area contributed by atoms with Gasteiger partial charge in [-0.25, -0.2) is 4.39 Å². The highest BCUT2D eigenvalue weighted by Gasteiger charge is 2.22. The molecule has 0 atom stereocenters. The molecule has 0 spiro atoms. The number of rotatable bonds is 9. The van der Waals surface area contributed by atoms with Gasteiger partial charge in [0, 0.05) is 5.56 Å². The number of hydrogen-bond acceptors (Lipinski definition) is 1. The summed E-state index contributed by atoms with van der Waals surface area (Å²) in [7, 11) is 0. The zero-order valence-corrected chi connectivity index (χ0v) is 17.9. The molecule has 0 amide bonds. The Morgan fingerprint density at radius 3 is 2.21 bits per heavy atom. The third-order valence-electron chi connectivity index (χ3n) is 6.26. The first-order chi connectivity index (χ1) is 14.1. The van der Waals surface area contributed by atoms with Crippen molar-refractivity contribution in [3.63, 3.8) is 0 Å². The first-order valence-corrected chi connectivity index (χ1v) is 11.3. The lowest BCUT2D eigenvalue weighted by Gasteiger charge is -2.29. The summed E-state index contributed by atoms with van der Waals surface area (Å²) in [6, 6.07) is 11.2. The van der Waals surface area contributed by atoms with E-state index < -0.39 is 11.6 Å². The predicted molar refractivity (Wildman–Crippen MR) is 116 cm³/mol. The molecule has 1 aliphatic carbocycles. The average molecular weight is 401 g/mol. The third kappa shape index (κ3) is 5.58. The van der Waals surface area contributed by atoms with E-state index in [-0.39, 0.29) is 11.3 Å². The molecule has 3 heteroatoms. The van der Waals surface area contributed by atoms with Crippen LogP contribution in [0.1, 0.15) is 83.1 Å². The molecular weight excluding hydrogens is 366 g/mol. The summed E-state index contributed by atoms with van der Waals surface area (Å²) in [5, 5.41) is 0. The Labute approximate surface area is 174 Å². The Bertz CT molecular complexity index is 761. The Balaban J connectivity index is 1.63. The minimum absolute atomic E-state index is 0.0135. The van der Waals surface area contributed by atoms with Gasteiger partial charge in [0.15, 0.2) is 11.6 Å². The second-order valence-corrected chi connectivity index (χ2v) is 8.42. The molecule has 0 N–H and O–H groups in total. The highest BCUT2D eigenvalue weighted by Crippen LogP contribution is 2.38. The van der Waals surface area contributed by atoms with Crippen LogP contribution in [0.4, 0.5) is 8.78 Å². The van der Waals surface area contributed by atoms with Crippen LogP contribution in [0.3, 0.4) is 0 Å². The maximum atomic E-state index is 14.5. The second-order valence-electron chi connectivity index (χ2n) is 8.42. The highest BCUT2D eigenvalue weighted by molar-refractivity contribution is 5.65. The van der Waals surface area contributed by atoms with Crippen LogP contribution in [0.5, 0.6) is 5.75 Å². The lowest BCUT2D eigenvalue weighted by Crippen LogP contribution is -2.13. The van der Waals surface area contributed by atoms with Gasteiger partial charge in [-0.2, -0.15) is 4.39 Å². The van der Waals surface area contributed by atoms with Crippen molar-refractivity contribution in [3.8, 4) is 16.9 Å². The molecule has 1 aliphatic rings. The van der Waals surface area contributed by atoms with Crippen molar-refractivity contribution in [2.75, 3.05) is 6.61 Å². The number of halogens is 2. The van der Waals surface area contributed by atoms with E-state index in [9.17, 15) is 8.78 Å². The van der Waals surface area contributed by atoms with Crippen molar-refractivity contribution in [3.05, 3.63) is 53.6 Å². The van der Waals surface area contributed by atoms with Gasteiger partial charge in [0.25, 0.3) is 0 Å². The fourth-order valence-corrected chi connectivity index (χ4v) is 4.48. The first-order valence-electron chi connectivity index (χ1n) is 11.3. The number of ether oxygens (including phenoxy) is 1. The Morgan fingerprint density at radius 2 is 1.55 bits per heavy atom. The fourth-order valence-electron chi connectivity index (χ4n) is 4.48. The van der Waals surface area contributed by atoms with E-state index in [1.54, 1.807) is 6.07 Å². The Kier molecular flexibility index (Phi) is 8.09. The first kappa shape index (κ1) is 21.8. The maximum Gasteiger partial charge on any atom is 0.201 e. The molecule has 0 radical (unpaired) electrons. The molecule has 1 saturated carbocycles. The lowest BCUT2D eigenvalue weighted by molar-refractivity contribution is 0.295. The van der Waals surface area contributed by atoms with E-state index in [1.165, 1.54) is 63.0 Å². The topological polar surface area (TPSA) is 9.23 Å². The van der Waals surface area contributed by atoms with Gasteiger partial charge >= 0.3 is 0 Å². The molecule has 1 nitrogen and oxygen atoms in total. The fraction of sp³-hybridized carbons (Fsp3) is 0.538. The van der Waals surface area contributed by atoms with Gasteiger partial charge in [-0.15, -0.1) is 0 Å². The SMILES string of the molecule is CCCCCC1CCC(c2ccc(-c3ccc(OCCC)c(F)c3F)cc2)CC1. The summed E-state index contributed by atoms with van der Waals surface area (Å²) < 4.78 is 34.1. The molecule has 0 bridgehead atoms. The third-order valence-corrected chi connectivity index (χ3v) is 6.26. The van der Waals surface area contributed by atoms with E-state index in [0.717, 1.165) is 12.3 Å². The number of unbranched alkanes of at least 4 members (excludes halogenated alkanes) is 2. The second kappa shape index (κ2) is 10.8. The molecule has 0 heterocycles. The van der Waals surface area contributed by atoms with Crippen LogP contribution in [0.2, 0.25) is 0 Å². The minimum atomic E-state index is -0.901. The largest absolute Gasteiger partial charge is 0.490 e. The van der Waals surface area contributed by atoms with Crippen LogP contribution in [0.25, 0.3) is 11.1 Å². The summed E-state index contributed by atoms with van der Waals surface area (Å²) >= 11 is 0. The van der Waals surface area contributed by atoms with Gasteiger partial charge in [-0.05, 0) is 67.2 Å². The summed E-state index contributed by atoms with van der Waals surface area (Å²) in [6.07, 6.45) is 11.2. The van der Waals surface area contributed by atoms with Crippen molar-refractivity contribution >= 4 is 0 Å². The zero-order chi connectivity index (χ0) is 20.6. The van der Waals surface area contributed by atoms with Crippen molar-refractivity contribution in [2.24, 2.45) is 5.92 Å². The number of hydrogen-bond donors (Lipinski definition) is 0. The van der Waals surface area contributed by atoms with Crippen LogP contribution < -0.4 is 4.74 Å². The molecule has 3 rings (SSSR count). The standard InChI is InChI=1S/C26H34F2O/c1-3-5-6-7-19-8-10-20(11-9-19)21-12-14-22(15-13-21)23-16-17-24(29-18-4-2)26(28)25(23)27/h12-17,19-20H,3-11,18H2,1-2H3. The van der Waals surface area contributed by atoms with Gasteiger partial charge < -0.3 is 4.74 Å². The molecular formula is C26H34F2O. The molecule has 0 aromatic heterocycles. The van der Waals surface area contributed by atoms with Gasteiger partial charge in [-0.1, -0.05) is 63.8 Å². The van der Waals surface area contributed by atoms with Crippen molar-refractivity contribution in [2.45, 2.75) is 77.6 Å². The van der Waals surface area contributed by atoms with Crippen LogP contribution in [-0.2, 0) is 0 Å². The van der Waals surface area contributed by atoms with E-state index in [0.29, 0.717) is 18.1 Å². The molecule has 0 aliphatic heterocycles. The van der Waals surface area contributed by atoms with E-state index in [4.69, 9.17) is 4.74 Å². The van der Waals surface area contributed by atoms with E-state index in [2.05, 4.69) is 19.1 Å². The summed E-state index contributed by atoms with van der Waals surface area (Å²) in [5.74, 6) is -0.263. The molecule has 158 valence electrons. The van der Waals surface area contributed by atoms with Crippen LogP contribution in [0, 0.1) is 17.6 Å². The lowest BCUT2D eigenvalue weighted by atomic mass is 9.77. The minimum Gasteiger partial charge on any atom is -0.490 e. The van der Waals surface area contributed by atoms with Crippen LogP contribution in [-0.4, -0.2) is 6.61 Å².